The van der Waals surface area contributed by atoms with Gasteiger partial charge in [0.05, 0.1) is 12.7 Å². The summed E-state index contributed by atoms with van der Waals surface area (Å²) in [5.41, 5.74) is 0.253. The van der Waals surface area contributed by atoms with Crippen LogP contribution in [0.15, 0.2) is 28.8 Å². The zero-order valence-corrected chi connectivity index (χ0v) is 17.9. The fourth-order valence-corrected chi connectivity index (χ4v) is 3.45. The van der Waals surface area contributed by atoms with Crippen LogP contribution in [0.4, 0.5) is 5.82 Å². The third-order valence-electron chi connectivity index (χ3n) is 5.05. The number of rotatable bonds is 4. The van der Waals surface area contributed by atoms with Gasteiger partial charge in [0, 0.05) is 35.5 Å². The van der Waals surface area contributed by atoms with Crippen molar-refractivity contribution in [3.8, 4) is 5.75 Å². The molecule has 1 fully saturated rings. The maximum atomic E-state index is 12.9. The van der Waals surface area contributed by atoms with Crippen molar-refractivity contribution in [2.24, 2.45) is 5.92 Å². The van der Waals surface area contributed by atoms with Gasteiger partial charge in [0.25, 0.3) is 5.91 Å². The minimum absolute atomic E-state index is 0.105. The van der Waals surface area contributed by atoms with Crippen molar-refractivity contribution in [1.29, 1.82) is 0 Å². The molecule has 1 N–H and O–H groups in total. The molecule has 2 aromatic rings. The number of carbonyl (C=O) groups excluding carboxylic acids is 2. The van der Waals surface area contributed by atoms with Gasteiger partial charge >= 0.3 is 0 Å². The van der Waals surface area contributed by atoms with Gasteiger partial charge in [0.2, 0.25) is 5.91 Å². The SMILES string of the molecule is COc1ccc(Cl)cc1C(=O)N1CCC(C(=O)Nc2cc(C(C)(C)C)on2)CC1. The molecule has 156 valence electrons. The van der Waals surface area contributed by atoms with Crippen LogP contribution in [0, 0.1) is 5.92 Å². The zero-order chi connectivity index (χ0) is 21.2. The molecule has 7 nitrogen and oxygen atoms in total. The van der Waals surface area contributed by atoms with Gasteiger partial charge in [0.1, 0.15) is 11.5 Å². The summed E-state index contributed by atoms with van der Waals surface area (Å²) >= 11 is 6.04. The number of aromatic nitrogens is 1. The average Bonchev–Trinajstić information content (AvgIpc) is 3.16. The van der Waals surface area contributed by atoms with Crippen molar-refractivity contribution < 1.29 is 18.8 Å². The average molecular weight is 420 g/mol. The lowest BCUT2D eigenvalue weighted by Gasteiger charge is -2.31. The number of piperidine rings is 1. The number of nitrogens with zero attached hydrogens (tertiary/aromatic N) is 2. The first kappa shape index (κ1) is 21.2. The van der Waals surface area contributed by atoms with Crippen molar-refractivity contribution in [1.82, 2.24) is 10.1 Å². The van der Waals surface area contributed by atoms with E-state index < -0.39 is 0 Å². The number of ether oxygens (including phenoxy) is 1. The third-order valence-corrected chi connectivity index (χ3v) is 5.28. The maximum Gasteiger partial charge on any atom is 0.257 e. The molecule has 2 heterocycles. The number of halogens is 1. The number of carbonyl (C=O) groups is 2. The highest BCUT2D eigenvalue weighted by atomic mass is 35.5. The lowest BCUT2D eigenvalue weighted by molar-refractivity contribution is -0.121. The molecule has 0 bridgehead atoms. The summed E-state index contributed by atoms with van der Waals surface area (Å²) < 4.78 is 10.6. The summed E-state index contributed by atoms with van der Waals surface area (Å²) in [6, 6.07) is 6.73. The van der Waals surface area contributed by atoms with Gasteiger partial charge in [0.15, 0.2) is 5.82 Å². The van der Waals surface area contributed by atoms with Crippen molar-refractivity contribution in [3.63, 3.8) is 0 Å². The van der Waals surface area contributed by atoms with Crippen LogP contribution in [0.5, 0.6) is 5.75 Å². The molecule has 1 aromatic carbocycles. The molecule has 0 radical (unpaired) electrons. The molecule has 0 atom stereocenters. The van der Waals surface area contributed by atoms with Crippen LogP contribution >= 0.6 is 11.6 Å². The Bertz CT molecular complexity index is 896. The number of nitrogens with one attached hydrogen (secondary N) is 1. The summed E-state index contributed by atoms with van der Waals surface area (Å²) in [5, 5.41) is 7.23. The fourth-order valence-electron chi connectivity index (χ4n) is 3.28. The monoisotopic (exact) mass is 419 g/mol. The molecule has 0 aliphatic carbocycles. The van der Waals surface area contributed by atoms with Crippen LogP contribution in [0.25, 0.3) is 0 Å². The van der Waals surface area contributed by atoms with Gasteiger partial charge < -0.3 is 19.5 Å². The fraction of sp³-hybridized carbons (Fsp3) is 0.476. The molecule has 1 aliphatic rings. The maximum absolute atomic E-state index is 12.9. The smallest absolute Gasteiger partial charge is 0.257 e. The van der Waals surface area contributed by atoms with Crippen LogP contribution < -0.4 is 10.1 Å². The molecule has 8 heteroatoms. The summed E-state index contributed by atoms with van der Waals surface area (Å²) in [7, 11) is 1.52. The van der Waals surface area contributed by atoms with E-state index in [0.29, 0.717) is 53.8 Å². The van der Waals surface area contributed by atoms with E-state index in [-0.39, 0.29) is 23.1 Å². The van der Waals surface area contributed by atoms with Crippen molar-refractivity contribution in [2.75, 3.05) is 25.5 Å². The number of benzene rings is 1. The molecular formula is C21H26ClN3O4. The minimum Gasteiger partial charge on any atom is -0.496 e. The first-order chi connectivity index (χ1) is 13.7. The highest BCUT2D eigenvalue weighted by molar-refractivity contribution is 6.31. The molecule has 29 heavy (non-hydrogen) atoms. The van der Waals surface area contributed by atoms with Crippen LogP contribution in [-0.4, -0.2) is 42.1 Å². The van der Waals surface area contributed by atoms with Crippen LogP contribution in [-0.2, 0) is 10.2 Å². The predicted octanol–water partition coefficient (Wildman–Crippen LogP) is 4.13. The molecule has 0 saturated carbocycles. The summed E-state index contributed by atoms with van der Waals surface area (Å²) in [4.78, 5) is 27.2. The van der Waals surface area contributed by atoms with Gasteiger partial charge in [-0.3, -0.25) is 9.59 Å². The highest BCUT2D eigenvalue weighted by Gasteiger charge is 2.30. The Hall–Kier alpha value is -2.54. The molecule has 0 unspecified atom stereocenters. The Kier molecular flexibility index (Phi) is 6.17. The topological polar surface area (TPSA) is 84.7 Å². The third kappa shape index (κ3) is 4.90. The van der Waals surface area contributed by atoms with E-state index in [0.717, 1.165) is 0 Å². The van der Waals surface area contributed by atoms with Crippen molar-refractivity contribution in [3.05, 3.63) is 40.6 Å². The quantitative estimate of drug-likeness (QED) is 0.805. The lowest BCUT2D eigenvalue weighted by Crippen LogP contribution is -2.41. The number of anilines is 1. The Morgan fingerprint density at radius 3 is 2.52 bits per heavy atom. The van der Waals surface area contributed by atoms with Crippen LogP contribution in [0.2, 0.25) is 5.02 Å². The van der Waals surface area contributed by atoms with Gasteiger partial charge in [-0.1, -0.05) is 37.5 Å². The van der Waals surface area contributed by atoms with Gasteiger partial charge in [-0.2, -0.15) is 0 Å². The molecule has 1 saturated heterocycles. The highest BCUT2D eigenvalue weighted by Crippen LogP contribution is 2.28. The van der Waals surface area contributed by atoms with Crippen molar-refractivity contribution in [2.45, 2.75) is 39.0 Å². The molecule has 1 aromatic heterocycles. The number of hydrogen-bond acceptors (Lipinski definition) is 5. The number of methoxy groups -OCH3 is 1. The Balaban J connectivity index is 1.59. The van der Waals surface area contributed by atoms with E-state index in [1.807, 2.05) is 20.8 Å². The zero-order valence-electron chi connectivity index (χ0n) is 17.1. The van der Waals surface area contributed by atoms with E-state index in [1.165, 1.54) is 7.11 Å². The normalized spacial score (nSPS) is 15.3. The van der Waals surface area contributed by atoms with E-state index in [9.17, 15) is 9.59 Å². The standard InChI is InChI=1S/C21H26ClN3O4/c1-21(2,3)17-12-18(24-29-17)23-19(26)13-7-9-25(10-8-13)20(27)15-11-14(22)5-6-16(15)28-4/h5-6,11-13H,7-10H2,1-4H3,(H,23,24,26). The Morgan fingerprint density at radius 2 is 1.93 bits per heavy atom. The van der Waals surface area contributed by atoms with Gasteiger partial charge in [-0.15, -0.1) is 0 Å². The Morgan fingerprint density at radius 1 is 1.24 bits per heavy atom. The van der Waals surface area contributed by atoms with E-state index in [1.54, 1.807) is 29.2 Å². The second kappa shape index (κ2) is 8.45. The molecule has 1 aliphatic heterocycles. The molecular weight excluding hydrogens is 394 g/mol. The second-order valence-electron chi connectivity index (χ2n) is 8.23. The number of amides is 2. The summed E-state index contributed by atoms with van der Waals surface area (Å²) in [6.45, 7) is 7.01. The number of hydrogen-bond donors (Lipinski definition) is 1. The van der Waals surface area contributed by atoms with E-state index in [4.69, 9.17) is 20.9 Å². The second-order valence-corrected chi connectivity index (χ2v) is 8.66. The van der Waals surface area contributed by atoms with Crippen LogP contribution in [0.3, 0.4) is 0 Å². The first-order valence-electron chi connectivity index (χ1n) is 9.60. The molecule has 0 spiro atoms. The van der Waals surface area contributed by atoms with E-state index in [2.05, 4.69) is 10.5 Å². The van der Waals surface area contributed by atoms with Crippen molar-refractivity contribution >= 4 is 29.2 Å². The summed E-state index contributed by atoms with van der Waals surface area (Å²) in [6.07, 6.45) is 1.15. The van der Waals surface area contributed by atoms with E-state index >= 15 is 0 Å². The van der Waals surface area contributed by atoms with Gasteiger partial charge in [-0.05, 0) is 31.0 Å². The summed E-state index contributed by atoms with van der Waals surface area (Å²) in [5.74, 6) is 1.18. The van der Waals surface area contributed by atoms with Crippen LogP contribution in [0.1, 0.15) is 49.7 Å². The first-order valence-corrected chi connectivity index (χ1v) is 9.97. The Labute approximate surface area is 175 Å². The molecule has 3 rings (SSSR count). The predicted molar refractivity (Wildman–Crippen MR) is 110 cm³/mol. The largest absolute Gasteiger partial charge is 0.496 e. The number of likely N-dealkylation sites (tertiary alicyclic amines) is 1. The minimum atomic E-state index is -0.185. The lowest BCUT2D eigenvalue weighted by atomic mass is 9.93. The van der Waals surface area contributed by atoms with Gasteiger partial charge in [-0.25, -0.2) is 0 Å². The molecule has 2 amide bonds.